The number of allylic oxidation sites excluding steroid dienone is 2. The first-order valence-corrected chi connectivity index (χ1v) is 17.9. The van der Waals surface area contributed by atoms with E-state index in [1.54, 1.807) is 23.1 Å². The Morgan fingerprint density at radius 1 is 0.905 bits per heavy atom. The molecule has 0 unspecified atom stereocenters. The molecular weight excluding hydrogens is 615 g/mol. The van der Waals surface area contributed by atoms with Crippen LogP contribution in [0.2, 0.25) is 0 Å². The summed E-state index contributed by atoms with van der Waals surface area (Å²) in [6.07, 6.45) is 8.24. The molecule has 0 bridgehead atoms. The van der Waals surface area contributed by atoms with Crippen LogP contribution in [0.15, 0.2) is 101 Å². The van der Waals surface area contributed by atoms with Gasteiger partial charge in [-0.1, -0.05) is 53.4 Å². The second kappa shape index (κ2) is 14.4. The zero-order chi connectivity index (χ0) is 30.2. The standard InChI is InChI=1S/C24H26N2O6S4.C5H5N/c1-18(16-23-25(12-6-14-35(27,28)29)19-8-2-4-10-21(19)33-23)17-24-26(13-7-15-36(30,31)32)20-9-3-5-11-22(20)34-24;1-2-4-6-5-3-1/h2-5,8-11,16-17H,6-7,12-15H2,1H3,(H-,27,28,29,30,31,32);1-5H. The van der Waals surface area contributed by atoms with Crippen molar-refractivity contribution in [3.8, 4) is 0 Å². The molecule has 0 aliphatic carbocycles. The van der Waals surface area contributed by atoms with Gasteiger partial charge in [-0.2, -0.15) is 4.57 Å². The second-order valence-electron chi connectivity index (χ2n) is 9.46. The largest absolute Gasteiger partial charge is 0.748 e. The quantitative estimate of drug-likeness (QED) is 0.183. The van der Waals surface area contributed by atoms with Gasteiger partial charge in [-0.15, -0.1) is 0 Å². The number of anilines is 1. The van der Waals surface area contributed by atoms with Gasteiger partial charge >= 0.3 is 0 Å². The maximum absolute atomic E-state index is 11.1. The van der Waals surface area contributed by atoms with Crippen LogP contribution in [0.3, 0.4) is 0 Å². The average molecular weight is 646 g/mol. The summed E-state index contributed by atoms with van der Waals surface area (Å²) in [6.45, 7) is 2.77. The number of fused-ring (bicyclic) bond motifs is 2. The molecule has 42 heavy (non-hydrogen) atoms. The molecule has 5 rings (SSSR count). The van der Waals surface area contributed by atoms with Crippen LogP contribution >= 0.6 is 23.1 Å². The lowest BCUT2D eigenvalue weighted by Gasteiger charge is -2.21. The number of para-hydroxylation sites is 2. The molecule has 3 heterocycles. The molecule has 1 N–H and O–H groups in total. The third kappa shape index (κ3) is 9.48. The molecule has 0 saturated carbocycles. The molecule has 1 aliphatic rings. The number of rotatable bonds is 10. The van der Waals surface area contributed by atoms with Gasteiger partial charge in [0.05, 0.1) is 31.0 Å². The number of aromatic amines is 1. The molecule has 0 amide bonds. The Kier molecular flexibility index (Phi) is 10.9. The number of aryl methyl sites for hydroxylation is 1. The van der Waals surface area contributed by atoms with E-state index < -0.39 is 31.7 Å². The van der Waals surface area contributed by atoms with Gasteiger partial charge in [0.1, 0.15) is 4.70 Å². The maximum Gasteiger partial charge on any atom is 0.263 e. The van der Waals surface area contributed by atoms with Crippen molar-refractivity contribution in [2.45, 2.75) is 31.2 Å². The van der Waals surface area contributed by atoms with E-state index >= 15 is 0 Å². The van der Waals surface area contributed by atoms with Crippen LogP contribution in [0.5, 0.6) is 0 Å². The van der Waals surface area contributed by atoms with Gasteiger partial charge in [0.25, 0.3) is 5.01 Å². The highest BCUT2D eigenvalue weighted by Crippen LogP contribution is 2.46. The predicted molar refractivity (Wildman–Crippen MR) is 165 cm³/mol. The molecule has 2 aromatic heterocycles. The maximum atomic E-state index is 11.1. The number of nitrogens with zero attached hydrogens (tertiary/aromatic N) is 2. The topological polar surface area (TPSA) is 136 Å². The third-order valence-corrected chi connectivity index (χ3v) is 9.94. The molecule has 0 atom stereocenters. The molecule has 13 heteroatoms. The van der Waals surface area contributed by atoms with E-state index in [9.17, 15) is 25.9 Å². The Morgan fingerprint density at radius 2 is 1.57 bits per heavy atom. The molecule has 0 fully saturated rings. The van der Waals surface area contributed by atoms with Crippen molar-refractivity contribution in [2.75, 3.05) is 23.0 Å². The molecule has 2 aromatic carbocycles. The number of hydrogen-bond acceptors (Lipinski definition) is 9. The van der Waals surface area contributed by atoms with Gasteiger partial charge in [-0.05, 0) is 43.2 Å². The van der Waals surface area contributed by atoms with Crippen LogP contribution in [0.1, 0.15) is 24.8 Å². The van der Waals surface area contributed by atoms with Crippen molar-refractivity contribution in [3.63, 3.8) is 0 Å². The fraction of sp³-hybridized carbons (Fsp3) is 0.241. The SMILES string of the molecule is CC(/C=C1\Sc2ccccc2N1CCCS(=O)(=O)[O-])=C\c1sc2ccccc2[n+]1CCCS(=O)(=O)[O-].c1cc[nH+]cc1. The van der Waals surface area contributed by atoms with Crippen LogP contribution in [0.4, 0.5) is 5.69 Å². The minimum atomic E-state index is -4.28. The fourth-order valence-electron chi connectivity index (χ4n) is 4.35. The number of benzene rings is 2. The number of hydrogen-bond donors (Lipinski definition) is 0. The summed E-state index contributed by atoms with van der Waals surface area (Å²) in [4.78, 5) is 5.97. The molecule has 4 aromatic rings. The van der Waals surface area contributed by atoms with E-state index in [4.69, 9.17) is 0 Å². The Bertz CT molecular complexity index is 1760. The summed E-state index contributed by atoms with van der Waals surface area (Å²) in [5, 5.41) is 1.86. The summed E-state index contributed by atoms with van der Waals surface area (Å²) in [5.74, 6) is -0.835. The Hall–Kier alpha value is -3.07. The van der Waals surface area contributed by atoms with Gasteiger partial charge < -0.3 is 14.0 Å². The first-order chi connectivity index (χ1) is 20.0. The van der Waals surface area contributed by atoms with Gasteiger partial charge in [0.2, 0.25) is 5.52 Å². The number of thioether (sulfide) groups is 1. The monoisotopic (exact) mass is 645 g/mol. The number of pyridine rings is 1. The summed E-state index contributed by atoms with van der Waals surface area (Å²) < 4.78 is 69.6. The predicted octanol–water partition coefficient (Wildman–Crippen LogP) is 4.42. The molecule has 0 saturated heterocycles. The normalized spacial score (nSPS) is 14.6. The minimum absolute atomic E-state index is 0.222. The summed E-state index contributed by atoms with van der Waals surface area (Å²) >= 11 is 3.16. The van der Waals surface area contributed by atoms with Gasteiger partial charge in [-0.3, -0.25) is 0 Å². The van der Waals surface area contributed by atoms with Crippen LogP contribution < -0.4 is 14.5 Å². The van der Waals surface area contributed by atoms with E-state index in [1.807, 2.05) is 108 Å². The number of H-pyrrole nitrogens is 1. The van der Waals surface area contributed by atoms with Gasteiger partial charge in [-0.25, -0.2) is 21.8 Å². The number of aromatic nitrogens is 2. The Morgan fingerprint density at radius 3 is 2.24 bits per heavy atom. The zero-order valence-corrected chi connectivity index (χ0v) is 26.1. The van der Waals surface area contributed by atoms with E-state index in [-0.39, 0.29) is 12.8 Å². The molecule has 0 spiro atoms. The lowest BCUT2D eigenvalue weighted by atomic mass is 10.2. The summed E-state index contributed by atoms with van der Waals surface area (Å²) in [5.41, 5.74) is 2.89. The highest BCUT2D eigenvalue weighted by atomic mass is 32.2. The van der Waals surface area contributed by atoms with E-state index in [1.165, 1.54) is 0 Å². The van der Waals surface area contributed by atoms with Gasteiger partial charge in [0, 0.05) is 53.6 Å². The molecule has 0 radical (unpaired) electrons. The van der Waals surface area contributed by atoms with Crippen LogP contribution in [0, 0.1) is 0 Å². The van der Waals surface area contributed by atoms with Crippen molar-refractivity contribution < 1.29 is 35.5 Å². The first-order valence-electron chi connectivity index (χ1n) is 13.1. The van der Waals surface area contributed by atoms with E-state index in [2.05, 4.69) is 4.98 Å². The van der Waals surface area contributed by atoms with Crippen molar-refractivity contribution in [1.29, 1.82) is 0 Å². The van der Waals surface area contributed by atoms with Crippen LogP contribution in [-0.4, -0.2) is 44.0 Å². The average Bonchev–Trinajstić information content (AvgIpc) is 3.46. The van der Waals surface area contributed by atoms with Crippen molar-refractivity contribution in [1.82, 2.24) is 0 Å². The first kappa shape index (κ1) is 31.9. The summed E-state index contributed by atoms with van der Waals surface area (Å²) in [7, 11) is -8.56. The molecule has 222 valence electrons. The molecular formula is C29H31N3O6S4. The minimum Gasteiger partial charge on any atom is -0.748 e. The number of thiazole rings is 1. The molecule has 1 aliphatic heterocycles. The van der Waals surface area contributed by atoms with Crippen molar-refractivity contribution in [2.24, 2.45) is 0 Å². The van der Waals surface area contributed by atoms with Gasteiger partial charge in [0.15, 0.2) is 18.9 Å². The fourth-order valence-corrected chi connectivity index (χ4v) is 7.72. The lowest BCUT2D eigenvalue weighted by Crippen LogP contribution is -2.36. The Balaban J connectivity index is 0.000000600. The van der Waals surface area contributed by atoms with E-state index in [0.29, 0.717) is 13.1 Å². The zero-order valence-electron chi connectivity index (χ0n) is 22.9. The smallest absolute Gasteiger partial charge is 0.263 e. The molecule has 9 nitrogen and oxygen atoms in total. The number of nitrogens with one attached hydrogen (secondary N) is 1. The van der Waals surface area contributed by atoms with Crippen LogP contribution in [0.25, 0.3) is 16.3 Å². The van der Waals surface area contributed by atoms with Crippen molar-refractivity contribution >= 4 is 65.3 Å². The van der Waals surface area contributed by atoms with Crippen LogP contribution in [-0.2, 0) is 26.8 Å². The highest BCUT2D eigenvalue weighted by molar-refractivity contribution is 8.03. The van der Waals surface area contributed by atoms with Crippen molar-refractivity contribution in [3.05, 3.63) is 101 Å². The third-order valence-electron chi connectivity index (χ3n) is 6.13. The lowest BCUT2D eigenvalue weighted by molar-refractivity contribution is -0.668. The second-order valence-corrected chi connectivity index (χ2v) is 14.6. The van der Waals surface area contributed by atoms with E-state index in [0.717, 1.165) is 36.4 Å². The Labute approximate surface area is 254 Å². The summed E-state index contributed by atoms with van der Waals surface area (Å²) in [6, 6.07) is 21.5. The highest BCUT2D eigenvalue weighted by Gasteiger charge is 2.25.